The van der Waals surface area contributed by atoms with E-state index >= 15 is 0 Å². The predicted molar refractivity (Wildman–Crippen MR) is 143 cm³/mol. The number of amidine groups is 1. The van der Waals surface area contributed by atoms with Crippen molar-refractivity contribution < 1.29 is 18.3 Å². The monoisotopic (exact) mass is 524 g/mol. The second-order valence-electron chi connectivity index (χ2n) is 10.6. The van der Waals surface area contributed by atoms with Crippen LogP contribution >= 0.6 is 11.6 Å². The van der Waals surface area contributed by atoms with E-state index in [2.05, 4.69) is 20.8 Å². The lowest BCUT2D eigenvalue weighted by Gasteiger charge is -2.44. The molecule has 0 fully saturated rings. The Morgan fingerprint density at radius 2 is 1.49 bits per heavy atom. The van der Waals surface area contributed by atoms with E-state index in [4.69, 9.17) is 21.3 Å². The van der Waals surface area contributed by atoms with E-state index in [1.54, 1.807) is 24.3 Å². The van der Waals surface area contributed by atoms with Crippen LogP contribution in [0.25, 0.3) is 0 Å². The van der Waals surface area contributed by atoms with E-state index < -0.39 is 22.3 Å². The minimum atomic E-state index is -1.18. The zero-order valence-electron chi connectivity index (χ0n) is 21.9. The lowest BCUT2D eigenvalue weighted by molar-refractivity contribution is 0.149. The second-order valence-corrected chi connectivity index (χ2v) is 10.9. The van der Waals surface area contributed by atoms with Crippen LogP contribution in [-0.2, 0) is 16.5 Å². The molecule has 0 aromatic heterocycles. The Morgan fingerprint density at radius 3 is 1.97 bits per heavy atom. The number of carbonyl (C=O) groups excluding carboxylic acids is 1. The summed E-state index contributed by atoms with van der Waals surface area (Å²) in [6.45, 7) is 12.3. The lowest BCUT2D eigenvalue weighted by atomic mass is 9.71. The van der Waals surface area contributed by atoms with E-state index in [0.29, 0.717) is 34.9 Å². The molecule has 1 aliphatic rings. The molecule has 0 saturated carbocycles. The summed E-state index contributed by atoms with van der Waals surface area (Å²) in [4.78, 5) is 19.7. The normalized spacial score (nSPS) is 21.6. The summed E-state index contributed by atoms with van der Waals surface area (Å²) in [5, 5.41) is -0.751. The Kier molecular flexibility index (Phi) is 6.93. The third-order valence-electron chi connectivity index (χ3n) is 7.31. The van der Waals surface area contributed by atoms with Gasteiger partial charge in [0.05, 0.1) is 12.2 Å². The molecule has 1 aliphatic heterocycles. The first-order valence-electron chi connectivity index (χ1n) is 12.2. The van der Waals surface area contributed by atoms with Gasteiger partial charge in [-0.15, -0.1) is 0 Å². The van der Waals surface area contributed by atoms with Crippen molar-refractivity contribution in [3.63, 3.8) is 0 Å². The molecule has 194 valence electrons. The molecule has 7 heteroatoms. The van der Waals surface area contributed by atoms with E-state index in [0.717, 1.165) is 5.56 Å². The molecule has 3 aromatic rings. The molecule has 0 spiro atoms. The summed E-state index contributed by atoms with van der Waals surface area (Å²) < 4.78 is 33.9. The lowest BCUT2D eigenvalue weighted by Crippen LogP contribution is -2.53. The minimum absolute atomic E-state index is 0.130. The van der Waals surface area contributed by atoms with Crippen molar-refractivity contribution >= 4 is 22.8 Å². The average Bonchev–Trinajstić information content (AvgIpc) is 3.08. The first kappa shape index (κ1) is 26.8. The zero-order chi connectivity index (χ0) is 27.2. The predicted octanol–water partition coefficient (Wildman–Crippen LogP) is 7.91. The zero-order valence-corrected chi connectivity index (χ0v) is 22.7. The van der Waals surface area contributed by atoms with Gasteiger partial charge in [0.2, 0.25) is 0 Å². The van der Waals surface area contributed by atoms with E-state index in [1.165, 1.54) is 29.2 Å². The van der Waals surface area contributed by atoms with Gasteiger partial charge in [-0.2, -0.15) is 0 Å². The highest BCUT2D eigenvalue weighted by Gasteiger charge is 2.59. The molecule has 4 rings (SSSR count). The Balaban J connectivity index is 2.03. The maximum absolute atomic E-state index is 13.9. The number of aliphatic imine (C=N–C) groups is 1. The Hall–Kier alpha value is -3.25. The maximum Gasteiger partial charge on any atom is 0.322 e. The Morgan fingerprint density at radius 1 is 0.946 bits per heavy atom. The third-order valence-corrected chi connectivity index (χ3v) is 7.48. The summed E-state index contributed by atoms with van der Waals surface area (Å²) in [6, 6.07) is 17.8. The van der Waals surface area contributed by atoms with E-state index in [-0.39, 0.29) is 11.2 Å². The topological polar surface area (TPSA) is 41.9 Å². The average molecular weight is 525 g/mol. The summed E-state index contributed by atoms with van der Waals surface area (Å²) in [6.07, 6.45) is 0. The molecule has 2 atom stereocenters. The SMILES string of the molecule is CCOc1cc(C(C)(C)C)ccc1C1=NC(C)(c2ccc(F)cc2)C(C)(c2ccc(F)cc2)N1C(=O)Cl. The van der Waals surface area contributed by atoms with Crippen molar-refractivity contribution in [1.29, 1.82) is 0 Å². The Labute approximate surface area is 221 Å². The highest BCUT2D eigenvalue weighted by molar-refractivity contribution is 6.64. The van der Waals surface area contributed by atoms with Gasteiger partial charge >= 0.3 is 5.37 Å². The highest BCUT2D eigenvalue weighted by atomic mass is 35.5. The molecular weight excluding hydrogens is 494 g/mol. The Bertz CT molecular complexity index is 1350. The van der Waals surface area contributed by atoms with E-state index in [9.17, 15) is 13.6 Å². The number of benzene rings is 3. The first-order chi connectivity index (χ1) is 17.3. The molecule has 37 heavy (non-hydrogen) atoms. The number of nitrogens with zero attached hydrogens (tertiary/aromatic N) is 2. The van der Waals surface area contributed by atoms with Crippen LogP contribution in [0.1, 0.15) is 63.8 Å². The number of hydrogen-bond acceptors (Lipinski definition) is 3. The third kappa shape index (κ3) is 4.52. The summed E-state index contributed by atoms with van der Waals surface area (Å²) in [7, 11) is 0. The number of ether oxygens (including phenoxy) is 1. The number of rotatable bonds is 5. The van der Waals surface area contributed by atoms with Gasteiger partial charge in [0.25, 0.3) is 0 Å². The van der Waals surface area contributed by atoms with Crippen LogP contribution in [0.4, 0.5) is 13.6 Å². The fourth-order valence-corrected chi connectivity index (χ4v) is 5.24. The molecule has 1 heterocycles. The van der Waals surface area contributed by atoms with Crippen molar-refractivity contribution in [2.24, 2.45) is 4.99 Å². The van der Waals surface area contributed by atoms with Crippen molar-refractivity contribution in [3.05, 3.63) is 101 Å². The molecule has 0 N–H and O–H groups in total. The number of carbonyl (C=O) groups is 1. The number of amides is 1. The summed E-state index contributed by atoms with van der Waals surface area (Å²) in [5.74, 6) is 0.0961. The molecule has 1 amide bonds. The van der Waals surface area contributed by atoms with Crippen LogP contribution in [0.5, 0.6) is 5.75 Å². The van der Waals surface area contributed by atoms with Gasteiger partial charge < -0.3 is 4.74 Å². The second kappa shape index (κ2) is 9.56. The van der Waals surface area contributed by atoms with Crippen LogP contribution in [0.3, 0.4) is 0 Å². The van der Waals surface area contributed by atoms with Crippen LogP contribution < -0.4 is 4.74 Å². The van der Waals surface area contributed by atoms with Crippen molar-refractivity contribution in [2.45, 2.75) is 58.0 Å². The molecule has 2 unspecified atom stereocenters. The van der Waals surface area contributed by atoms with Gasteiger partial charge in [-0.05, 0) is 90.9 Å². The van der Waals surface area contributed by atoms with Gasteiger partial charge in [0.15, 0.2) is 0 Å². The molecule has 3 aromatic carbocycles. The minimum Gasteiger partial charge on any atom is -0.493 e. The largest absolute Gasteiger partial charge is 0.493 e. The van der Waals surface area contributed by atoms with Gasteiger partial charge in [-0.3, -0.25) is 14.7 Å². The van der Waals surface area contributed by atoms with E-state index in [1.807, 2.05) is 39.0 Å². The van der Waals surface area contributed by atoms with Gasteiger partial charge in [0, 0.05) is 0 Å². The van der Waals surface area contributed by atoms with Gasteiger partial charge in [-0.1, -0.05) is 51.1 Å². The fraction of sp³-hybridized carbons (Fsp3) is 0.333. The molecule has 0 saturated heterocycles. The molecule has 0 bridgehead atoms. The first-order valence-corrected chi connectivity index (χ1v) is 12.6. The molecule has 4 nitrogen and oxygen atoms in total. The number of hydrogen-bond donors (Lipinski definition) is 0. The van der Waals surface area contributed by atoms with Crippen LogP contribution in [0.2, 0.25) is 0 Å². The van der Waals surface area contributed by atoms with Gasteiger partial charge in [-0.25, -0.2) is 8.78 Å². The number of halogens is 3. The van der Waals surface area contributed by atoms with Crippen LogP contribution in [0, 0.1) is 11.6 Å². The summed E-state index contributed by atoms with van der Waals surface area (Å²) in [5.41, 5.74) is 0.534. The van der Waals surface area contributed by atoms with Crippen LogP contribution in [-0.4, -0.2) is 22.7 Å². The quantitative estimate of drug-likeness (QED) is 0.251. The van der Waals surface area contributed by atoms with Crippen molar-refractivity contribution in [2.75, 3.05) is 6.61 Å². The maximum atomic E-state index is 13.9. The molecular formula is C30H31ClF2N2O2. The molecule has 0 aliphatic carbocycles. The highest BCUT2D eigenvalue weighted by Crippen LogP contribution is 2.54. The summed E-state index contributed by atoms with van der Waals surface area (Å²) >= 11 is 6.30. The van der Waals surface area contributed by atoms with Gasteiger partial charge in [0.1, 0.15) is 34.3 Å². The van der Waals surface area contributed by atoms with Crippen molar-refractivity contribution in [3.8, 4) is 5.75 Å². The standard InChI is InChI=1S/C30H31ClF2N2O2/c1-7-37-25-18-21(28(2,3)4)12-17-24(25)26-34-29(5,19-8-13-22(32)14-9-19)30(6,35(26)27(31)36)20-10-15-23(33)16-11-20/h8-18H,7H2,1-6H3. The fourth-order valence-electron chi connectivity index (χ4n) is 4.99. The van der Waals surface area contributed by atoms with Crippen LogP contribution in [0.15, 0.2) is 71.7 Å². The molecule has 0 radical (unpaired) electrons. The van der Waals surface area contributed by atoms with Crippen molar-refractivity contribution in [1.82, 2.24) is 4.90 Å². The smallest absolute Gasteiger partial charge is 0.322 e.